The molecule has 0 bridgehead atoms. The molecule has 1 aromatic heterocycles. The number of thioether (sulfide) groups is 1. The van der Waals surface area contributed by atoms with E-state index in [0.717, 1.165) is 23.1 Å². The van der Waals surface area contributed by atoms with E-state index in [0.29, 0.717) is 40.3 Å². The van der Waals surface area contributed by atoms with Crippen molar-refractivity contribution in [3.05, 3.63) is 105 Å². The van der Waals surface area contributed by atoms with Crippen molar-refractivity contribution in [2.75, 3.05) is 6.54 Å². The van der Waals surface area contributed by atoms with Gasteiger partial charge in [-0.3, -0.25) is 19.0 Å². The number of carbonyl (C=O) groups is 2. The number of amides is 1. The van der Waals surface area contributed by atoms with Gasteiger partial charge in [0.25, 0.3) is 11.5 Å². The molecule has 1 N–H and O–H groups in total. The zero-order valence-electron chi connectivity index (χ0n) is 21.6. The molecule has 1 atom stereocenters. The topological polar surface area (TPSA) is 81.1 Å². The van der Waals surface area contributed by atoms with E-state index in [9.17, 15) is 14.4 Å². The summed E-state index contributed by atoms with van der Waals surface area (Å²) in [6, 6.07) is 20.3. The highest BCUT2D eigenvalue weighted by atomic mass is 32.2. The molecule has 0 saturated heterocycles. The lowest BCUT2D eigenvalue weighted by molar-refractivity contribution is 0.0952. The fourth-order valence-electron chi connectivity index (χ4n) is 4.02. The third-order valence-corrected chi connectivity index (χ3v) is 7.43. The third-order valence-electron chi connectivity index (χ3n) is 6.34. The fourth-order valence-corrected chi connectivity index (χ4v) is 5.00. The summed E-state index contributed by atoms with van der Waals surface area (Å²) in [6.45, 7) is 8.72. The first kappa shape index (κ1) is 26.4. The van der Waals surface area contributed by atoms with Crippen LogP contribution in [0.15, 0.2) is 76.7 Å². The highest BCUT2D eigenvalue weighted by Gasteiger charge is 2.22. The molecule has 0 spiro atoms. The monoisotopic (exact) mass is 513 g/mol. The largest absolute Gasteiger partial charge is 0.352 e. The number of aromatic nitrogens is 2. The third kappa shape index (κ3) is 6.00. The van der Waals surface area contributed by atoms with Gasteiger partial charge in [-0.1, -0.05) is 61.2 Å². The van der Waals surface area contributed by atoms with Gasteiger partial charge in [-0.25, -0.2) is 4.98 Å². The Bertz CT molecular complexity index is 1510. The number of hydrogen-bond donors (Lipinski definition) is 1. The van der Waals surface area contributed by atoms with Crippen LogP contribution in [0.25, 0.3) is 10.9 Å². The minimum atomic E-state index is -0.468. The molecule has 1 heterocycles. The van der Waals surface area contributed by atoms with Crippen molar-refractivity contribution in [2.45, 2.75) is 51.1 Å². The van der Waals surface area contributed by atoms with E-state index in [4.69, 9.17) is 4.98 Å². The second-order valence-electron chi connectivity index (χ2n) is 9.18. The molecule has 0 aliphatic rings. The van der Waals surface area contributed by atoms with Gasteiger partial charge in [0.1, 0.15) is 0 Å². The maximum atomic E-state index is 13.6. The molecule has 6 nitrogen and oxygen atoms in total. The number of carbonyl (C=O) groups excluding carboxylic acids is 2. The Labute approximate surface area is 221 Å². The SMILES string of the molecule is CCCNC(=O)c1ccc2c(=O)n(Cc3ccccc3)c(S[C@@H](C)C(=O)c3ccc(C)c(C)c3)nc2c1. The van der Waals surface area contributed by atoms with Crippen molar-refractivity contribution in [2.24, 2.45) is 0 Å². The molecule has 190 valence electrons. The Balaban J connectivity index is 1.75. The summed E-state index contributed by atoms with van der Waals surface area (Å²) in [5.74, 6) is -0.229. The number of nitrogens with one attached hydrogen (secondary N) is 1. The fraction of sp³-hybridized carbons (Fsp3) is 0.267. The minimum Gasteiger partial charge on any atom is -0.352 e. The molecule has 7 heteroatoms. The maximum Gasteiger partial charge on any atom is 0.262 e. The maximum absolute atomic E-state index is 13.6. The van der Waals surface area contributed by atoms with Gasteiger partial charge >= 0.3 is 0 Å². The van der Waals surface area contributed by atoms with Crippen molar-refractivity contribution < 1.29 is 9.59 Å². The zero-order valence-corrected chi connectivity index (χ0v) is 22.4. The van der Waals surface area contributed by atoms with Gasteiger partial charge in [0, 0.05) is 17.7 Å². The second kappa shape index (κ2) is 11.6. The van der Waals surface area contributed by atoms with E-state index in [1.165, 1.54) is 11.8 Å². The number of fused-ring (bicyclic) bond motifs is 1. The van der Waals surface area contributed by atoms with Crippen LogP contribution in [0.4, 0.5) is 0 Å². The Hall–Kier alpha value is -3.71. The zero-order chi connectivity index (χ0) is 26.5. The van der Waals surface area contributed by atoms with Crippen LogP contribution < -0.4 is 10.9 Å². The summed E-state index contributed by atoms with van der Waals surface area (Å²) in [5, 5.41) is 3.27. The average molecular weight is 514 g/mol. The van der Waals surface area contributed by atoms with Crippen molar-refractivity contribution >= 4 is 34.4 Å². The predicted molar refractivity (Wildman–Crippen MR) is 150 cm³/mol. The van der Waals surface area contributed by atoms with E-state index in [-0.39, 0.29) is 17.2 Å². The van der Waals surface area contributed by atoms with E-state index in [1.54, 1.807) is 22.8 Å². The number of aryl methyl sites for hydroxylation is 2. The van der Waals surface area contributed by atoms with Crippen molar-refractivity contribution in [1.82, 2.24) is 14.9 Å². The van der Waals surface area contributed by atoms with Crippen LogP contribution in [0.1, 0.15) is 57.7 Å². The van der Waals surface area contributed by atoms with Crippen molar-refractivity contribution in [3.63, 3.8) is 0 Å². The highest BCUT2D eigenvalue weighted by molar-refractivity contribution is 8.00. The van der Waals surface area contributed by atoms with Gasteiger partial charge in [-0.2, -0.15) is 0 Å². The molecule has 4 rings (SSSR count). The lowest BCUT2D eigenvalue weighted by Crippen LogP contribution is -2.26. The molecule has 0 saturated carbocycles. The van der Waals surface area contributed by atoms with E-state index in [2.05, 4.69) is 5.32 Å². The molecular formula is C30H31N3O3S. The van der Waals surface area contributed by atoms with Crippen LogP contribution in [0, 0.1) is 13.8 Å². The smallest absolute Gasteiger partial charge is 0.262 e. The van der Waals surface area contributed by atoms with Crippen molar-refractivity contribution in [3.8, 4) is 0 Å². The van der Waals surface area contributed by atoms with Gasteiger partial charge in [-0.05, 0) is 68.1 Å². The molecule has 0 fully saturated rings. The van der Waals surface area contributed by atoms with Crippen LogP contribution in [0.3, 0.4) is 0 Å². The number of ketones is 1. The van der Waals surface area contributed by atoms with Crippen LogP contribution in [0.5, 0.6) is 0 Å². The molecule has 4 aromatic rings. The molecule has 0 aliphatic heterocycles. The summed E-state index contributed by atoms with van der Waals surface area (Å²) in [4.78, 5) is 44.2. The Morgan fingerprint density at radius 1 is 0.973 bits per heavy atom. The Kier molecular flexibility index (Phi) is 8.24. The summed E-state index contributed by atoms with van der Waals surface area (Å²) in [5.41, 5.74) is 4.45. The Morgan fingerprint density at radius 3 is 2.41 bits per heavy atom. The summed E-state index contributed by atoms with van der Waals surface area (Å²) < 4.78 is 1.61. The summed E-state index contributed by atoms with van der Waals surface area (Å²) >= 11 is 1.26. The summed E-state index contributed by atoms with van der Waals surface area (Å²) in [7, 11) is 0. The first-order chi connectivity index (χ1) is 17.8. The van der Waals surface area contributed by atoms with Crippen LogP contribution in [-0.4, -0.2) is 33.0 Å². The number of rotatable bonds is 9. The molecule has 1 amide bonds. The quantitative estimate of drug-likeness (QED) is 0.180. The van der Waals surface area contributed by atoms with E-state index < -0.39 is 5.25 Å². The van der Waals surface area contributed by atoms with Crippen molar-refractivity contribution in [1.29, 1.82) is 0 Å². The van der Waals surface area contributed by atoms with E-state index >= 15 is 0 Å². The van der Waals surface area contributed by atoms with Gasteiger partial charge in [-0.15, -0.1) is 0 Å². The van der Waals surface area contributed by atoms with Gasteiger partial charge < -0.3 is 5.32 Å². The molecular weight excluding hydrogens is 482 g/mol. The first-order valence-corrected chi connectivity index (χ1v) is 13.3. The minimum absolute atomic E-state index is 0.0265. The highest BCUT2D eigenvalue weighted by Crippen LogP contribution is 2.26. The standard InChI is InChI=1S/C30H31N3O3S/c1-5-15-31-28(35)24-13-14-25-26(17-24)32-30(33(29(25)36)18-22-9-7-6-8-10-22)37-21(4)27(34)23-12-11-19(2)20(3)16-23/h6-14,16-17,21H,5,15,18H2,1-4H3,(H,31,35)/t21-/m0/s1. The number of hydrogen-bond acceptors (Lipinski definition) is 5. The van der Waals surface area contributed by atoms with E-state index in [1.807, 2.05) is 76.2 Å². The first-order valence-electron chi connectivity index (χ1n) is 12.4. The summed E-state index contributed by atoms with van der Waals surface area (Å²) in [6.07, 6.45) is 0.828. The molecule has 3 aromatic carbocycles. The van der Waals surface area contributed by atoms with Crippen LogP contribution >= 0.6 is 11.8 Å². The molecule has 0 unspecified atom stereocenters. The number of Topliss-reactive ketones (excluding diaryl/α,β-unsaturated/α-hetero) is 1. The molecule has 0 aliphatic carbocycles. The molecule has 0 radical (unpaired) electrons. The molecule has 37 heavy (non-hydrogen) atoms. The predicted octanol–water partition coefficient (Wildman–Crippen LogP) is 5.56. The van der Waals surface area contributed by atoms with Gasteiger partial charge in [0.15, 0.2) is 10.9 Å². The lowest BCUT2D eigenvalue weighted by Gasteiger charge is -2.17. The second-order valence-corrected chi connectivity index (χ2v) is 10.5. The lowest BCUT2D eigenvalue weighted by atomic mass is 10.0. The Morgan fingerprint density at radius 2 is 1.70 bits per heavy atom. The normalized spacial score (nSPS) is 11.9. The number of nitrogens with zero attached hydrogens (tertiary/aromatic N) is 2. The number of benzene rings is 3. The van der Waals surface area contributed by atoms with Gasteiger partial charge in [0.05, 0.1) is 22.7 Å². The van der Waals surface area contributed by atoms with Crippen LogP contribution in [-0.2, 0) is 6.54 Å². The van der Waals surface area contributed by atoms with Crippen LogP contribution in [0.2, 0.25) is 0 Å². The average Bonchev–Trinajstić information content (AvgIpc) is 2.90. The van der Waals surface area contributed by atoms with Gasteiger partial charge in [0.2, 0.25) is 0 Å².